The summed E-state index contributed by atoms with van der Waals surface area (Å²) in [6.45, 7) is 0.273. The first kappa shape index (κ1) is 14.7. The molecule has 0 fully saturated rings. The molecule has 0 saturated heterocycles. The molecular weight excluding hydrogens is 274 g/mol. The van der Waals surface area contributed by atoms with E-state index < -0.39 is 5.97 Å². The fourth-order valence-electron chi connectivity index (χ4n) is 1.88. The maximum Gasteiger partial charge on any atom is 0.335 e. The molecule has 1 aliphatic rings. The van der Waals surface area contributed by atoms with Crippen LogP contribution in [0.15, 0.2) is 29.4 Å². The predicted octanol–water partition coefficient (Wildman–Crippen LogP) is 0.609. The van der Waals surface area contributed by atoms with Gasteiger partial charge in [0, 0.05) is 26.4 Å². The fourth-order valence-corrected chi connectivity index (χ4v) is 1.88. The Kier molecular flexibility index (Phi) is 4.32. The summed E-state index contributed by atoms with van der Waals surface area (Å²) in [5.74, 6) is -1.43. The highest BCUT2D eigenvalue weighted by Crippen LogP contribution is 2.08. The smallest absolute Gasteiger partial charge is 0.335 e. The van der Waals surface area contributed by atoms with Crippen molar-refractivity contribution >= 4 is 23.5 Å². The summed E-state index contributed by atoms with van der Waals surface area (Å²) in [6.07, 6.45) is 0.600. The Balaban J connectivity index is 1.93. The van der Waals surface area contributed by atoms with Gasteiger partial charge in [-0.3, -0.25) is 9.59 Å². The van der Waals surface area contributed by atoms with Crippen molar-refractivity contribution < 1.29 is 19.5 Å². The monoisotopic (exact) mass is 289 g/mol. The van der Waals surface area contributed by atoms with E-state index in [1.807, 2.05) is 0 Å². The van der Waals surface area contributed by atoms with Crippen LogP contribution in [-0.4, -0.2) is 40.7 Å². The largest absolute Gasteiger partial charge is 0.478 e. The van der Waals surface area contributed by atoms with Gasteiger partial charge in [0.05, 0.1) is 5.56 Å². The Labute approximate surface area is 121 Å². The summed E-state index contributed by atoms with van der Waals surface area (Å²) in [5.41, 5.74) is 1.30. The van der Waals surface area contributed by atoms with Gasteiger partial charge >= 0.3 is 5.97 Å². The number of carbonyl (C=O) groups is 3. The highest BCUT2D eigenvalue weighted by molar-refractivity contribution is 6.39. The quantitative estimate of drug-likeness (QED) is 0.848. The number of nitrogens with one attached hydrogen (secondary N) is 1. The summed E-state index contributed by atoms with van der Waals surface area (Å²) in [4.78, 5) is 33.9. The summed E-state index contributed by atoms with van der Waals surface area (Å²) < 4.78 is 0. The molecule has 1 aromatic rings. The van der Waals surface area contributed by atoms with E-state index in [-0.39, 0.29) is 30.3 Å². The number of hydrazone groups is 1. The van der Waals surface area contributed by atoms with Crippen molar-refractivity contribution in [1.82, 2.24) is 10.3 Å². The highest BCUT2D eigenvalue weighted by atomic mass is 16.4. The summed E-state index contributed by atoms with van der Waals surface area (Å²) >= 11 is 0. The molecule has 110 valence electrons. The van der Waals surface area contributed by atoms with E-state index in [9.17, 15) is 14.4 Å². The number of rotatable bonds is 4. The molecule has 1 aromatic carbocycles. The van der Waals surface area contributed by atoms with Gasteiger partial charge in [-0.2, -0.15) is 5.10 Å². The number of aromatic carboxylic acids is 1. The van der Waals surface area contributed by atoms with Crippen LogP contribution < -0.4 is 5.32 Å². The average Bonchev–Trinajstić information content (AvgIpc) is 2.48. The van der Waals surface area contributed by atoms with Gasteiger partial charge < -0.3 is 10.4 Å². The van der Waals surface area contributed by atoms with Crippen LogP contribution in [0.5, 0.6) is 0 Å². The number of carbonyl (C=O) groups excluding carboxylic acids is 2. The average molecular weight is 289 g/mol. The Bertz CT molecular complexity index is 607. The standard InChI is InChI=1S/C14H15N3O4/c1-17-12(18)7-6-11(16-17)13(19)15-8-9-2-4-10(5-3-9)14(20)21/h2-5H,6-8H2,1H3,(H,15,19)(H,20,21). The molecule has 2 N–H and O–H groups in total. The van der Waals surface area contributed by atoms with E-state index in [0.717, 1.165) is 5.56 Å². The number of carboxylic acid groups (broad SMARTS) is 1. The van der Waals surface area contributed by atoms with Crippen molar-refractivity contribution in [1.29, 1.82) is 0 Å². The molecule has 1 aliphatic heterocycles. The van der Waals surface area contributed by atoms with Crippen molar-refractivity contribution in [2.45, 2.75) is 19.4 Å². The van der Waals surface area contributed by atoms with E-state index in [1.54, 1.807) is 12.1 Å². The molecule has 0 bridgehead atoms. The van der Waals surface area contributed by atoms with Gasteiger partial charge in [-0.05, 0) is 17.7 Å². The lowest BCUT2D eigenvalue weighted by Gasteiger charge is -2.18. The van der Waals surface area contributed by atoms with Crippen LogP contribution >= 0.6 is 0 Å². The molecule has 0 spiro atoms. The topological polar surface area (TPSA) is 99.1 Å². The lowest BCUT2D eigenvalue weighted by molar-refractivity contribution is -0.130. The van der Waals surface area contributed by atoms with Crippen LogP contribution in [0, 0.1) is 0 Å². The van der Waals surface area contributed by atoms with Crippen molar-refractivity contribution in [3.8, 4) is 0 Å². The number of amides is 2. The van der Waals surface area contributed by atoms with Gasteiger partial charge in [0.2, 0.25) is 5.91 Å². The summed E-state index contributed by atoms with van der Waals surface area (Å²) in [6, 6.07) is 6.24. The lowest BCUT2D eigenvalue weighted by atomic mass is 10.1. The Morgan fingerprint density at radius 3 is 2.52 bits per heavy atom. The van der Waals surface area contributed by atoms with Gasteiger partial charge in [0.1, 0.15) is 5.71 Å². The molecule has 2 amide bonds. The number of carboxylic acids is 1. The van der Waals surface area contributed by atoms with Gasteiger partial charge in [0.15, 0.2) is 0 Å². The van der Waals surface area contributed by atoms with Gasteiger partial charge in [-0.15, -0.1) is 0 Å². The maximum absolute atomic E-state index is 11.9. The molecular formula is C14H15N3O4. The van der Waals surface area contributed by atoms with Crippen LogP contribution in [0.2, 0.25) is 0 Å². The summed E-state index contributed by atoms with van der Waals surface area (Å²) in [5, 5.41) is 16.6. The number of nitrogens with zero attached hydrogens (tertiary/aromatic N) is 2. The fraction of sp³-hybridized carbons (Fsp3) is 0.286. The lowest BCUT2D eigenvalue weighted by Crippen LogP contribution is -2.37. The van der Waals surface area contributed by atoms with E-state index in [0.29, 0.717) is 12.1 Å². The van der Waals surface area contributed by atoms with Crippen molar-refractivity contribution in [3.05, 3.63) is 35.4 Å². The SMILES string of the molecule is CN1N=C(C(=O)NCc2ccc(C(=O)O)cc2)CCC1=O. The zero-order valence-electron chi connectivity index (χ0n) is 11.5. The minimum Gasteiger partial charge on any atom is -0.478 e. The van der Waals surface area contributed by atoms with Crippen molar-refractivity contribution in [2.24, 2.45) is 5.10 Å². The van der Waals surface area contributed by atoms with Crippen molar-refractivity contribution in [3.63, 3.8) is 0 Å². The third-order valence-corrected chi connectivity index (χ3v) is 3.12. The van der Waals surface area contributed by atoms with Crippen LogP contribution in [-0.2, 0) is 16.1 Å². The van der Waals surface area contributed by atoms with E-state index in [2.05, 4.69) is 10.4 Å². The molecule has 7 heteroatoms. The van der Waals surface area contributed by atoms with Crippen LogP contribution in [0.1, 0.15) is 28.8 Å². The first-order valence-electron chi connectivity index (χ1n) is 6.42. The van der Waals surface area contributed by atoms with Gasteiger partial charge in [-0.25, -0.2) is 9.80 Å². The molecule has 21 heavy (non-hydrogen) atoms. The van der Waals surface area contributed by atoms with Gasteiger partial charge in [0.25, 0.3) is 5.91 Å². The predicted molar refractivity (Wildman–Crippen MR) is 74.7 cm³/mol. The Morgan fingerprint density at radius 2 is 1.95 bits per heavy atom. The van der Waals surface area contributed by atoms with Gasteiger partial charge in [-0.1, -0.05) is 12.1 Å². The van der Waals surface area contributed by atoms with Crippen LogP contribution in [0.4, 0.5) is 0 Å². The minimum atomic E-state index is -0.991. The molecule has 1 heterocycles. The van der Waals surface area contributed by atoms with E-state index in [1.165, 1.54) is 24.2 Å². The van der Waals surface area contributed by atoms with Crippen LogP contribution in [0.3, 0.4) is 0 Å². The summed E-state index contributed by atoms with van der Waals surface area (Å²) in [7, 11) is 1.51. The molecule has 0 aromatic heterocycles. The third kappa shape index (κ3) is 3.65. The normalized spacial score (nSPS) is 14.6. The zero-order valence-corrected chi connectivity index (χ0v) is 11.5. The third-order valence-electron chi connectivity index (χ3n) is 3.12. The molecule has 0 unspecified atom stereocenters. The second-order valence-corrected chi connectivity index (χ2v) is 4.65. The molecule has 2 rings (SSSR count). The molecule has 0 radical (unpaired) electrons. The molecule has 7 nitrogen and oxygen atoms in total. The first-order chi connectivity index (χ1) is 9.97. The van der Waals surface area contributed by atoms with E-state index >= 15 is 0 Å². The van der Waals surface area contributed by atoms with Crippen molar-refractivity contribution in [2.75, 3.05) is 7.05 Å². The zero-order chi connectivity index (χ0) is 15.4. The first-order valence-corrected chi connectivity index (χ1v) is 6.42. The van der Waals surface area contributed by atoms with Crippen LogP contribution in [0.25, 0.3) is 0 Å². The highest BCUT2D eigenvalue weighted by Gasteiger charge is 2.21. The Morgan fingerprint density at radius 1 is 1.29 bits per heavy atom. The van der Waals surface area contributed by atoms with E-state index in [4.69, 9.17) is 5.11 Å². The number of hydrogen-bond donors (Lipinski definition) is 2. The molecule has 0 aliphatic carbocycles. The maximum atomic E-state index is 11.9. The number of benzene rings is 1. The molecule has 0 saturated carbocycles. The second-order valence-electron chi connectivity index (χ2n) is 4.65. The number of hydrogen-bond acceptors (Lipinski definition) is 4. The second kappa shape index (κ2) is 6.17. The molecule has 0 atom stereocenters. The Hall–Kier alpha value is -2.70. The minimum absolute atomic E-state index is 0.115.